The fourth-order valence-corrected chi connectivity index (χ4v) is 2.35. The highest BCUT2D eigenvalue weighted by atomic mass is 79.9. The van der Waals surface area contributed by atoms with Crippen molar-refractivity contribution in [3.8, 4) is 6.07 Å². The minimum Gasteiger partial charge on any atom is -0.389 e. The van der Waals surface area contributed by atoms with Crippen molar-refractivity contribution in [2.75, 3.05) is 18.5 Å². The number of aliphatic hydroxyl groups excluding tert-OH is 1. The lowest BCUT2D eigenvalue weighted by molar-refractivity contribution is 0.198. The van der Waals surface area contributed by atoms with Crippen LogP contribution in [0.5, 0.6) is 0 Å². The summed E-state index contributed by atoms with van der Waals surface area (Å²) >= 11 is 3.45. The Labute approximate surface area is 111 Å². The number of nitrogens with zero attached hydrogens (tertiary/aromatic N) is 2. The lowest BCUT2D eigenvalue weighted by atomic mass is 10.1. The molecule has 0 aliphatic carbocycles. The number of halogens is 1. The summed E-state index contributed by atoms with van der Waals surface area (Å²) in [5, 5.41) is 18.3. The predicted octanol–water partition coefficient (Wildman–Crippen LogP) is 3.10. The number of rotatable bonds is 4. The van der Waals surface area contributed by atoms with E-state index in [-0.39, 0.29) is 5.92 Å². The topological polar surface area (TPSA) is 47.3 Å². The van der Waals surface area contributed by atoms with Gasteiger partial charge in [-0.3, -0.25) is 0 Å². The van der Waals surface area contributed by atoms with E-state index in [1.165, 1.54) is 0 Å². The molecule has 0 radical (unpaired) electrons. The van der Waals surface area contributed by atoms with Crippen LogP contribution in [0.3, 0.4) is 0 Å². The van der Waals surface area contributed by atoms with E-state index in [1.807, 2.05) is 37.1 Å². The zero-order chi connectivity index (χ0) is 13.0. The number of hydrogen-bond donors (Lipinski definition) is 1. The Hall–Kier alpha value is -1.05. The van der Waals surface area contributed by atoms with Gasteiger partial charge in [-0.15, -0.1) is 0 Å². The van der Waals surface area contributed by atoms with Crippen LogP contribution in [0.15, 0.2) is 22.7 Å². The van der Waals surface area contributed by atoms with Crippen molar-refractivity contribution < 1.29 is 5.11 Å². The van der Waals surface area contributed by atoms with Crippen LogP contribution in [0.1, 0.15) is 25.5 Å². The van der Waals surface area contributed by atoms with E-state index >= 15 is 0 Å². The molecule has 0 aliphatic rings. The van der Waals surface area contributed by atoms with Gasteiger partial charge in [-0.05, 0) is 31.5 Å². The molecule has 1 unspecified atom stereocenters. The van der Waals surface area contributed by atoms with E-state index in [0.29, 0.717) is 6.54 Å². The van der Waals surface area contributed by atoms with E-state index < -0.39 is 6.10 Å². The molecule has 0 aliphatic heterocycles. The largest absolute Gasteiger partial charge is 0.389 e. The highest BCUT2D eigenvalue weighted by Crippen LogP contribution is 2.28. The van der Waals surface area contributed by atoms with Crippen molar-refractivity contribution in [1.29, 1.82) is 5.26 Å². The molecule has 92 valence electrons. The highest BCUT2D eigenvalue weighted by molar-refractivity contribution is 9.10. The molecule has 0 fully saturated rings. The molecule has 0 spiro atoms. The van der Waals surface area contributed by atoms with E-state index in [1.54, 1.807) is 6.92 Å². The number of anilines is 1. The molecule has 1 rings (SSSR count). The number of aliphatic hydroxyl groups is 1. The van der Waals surface area contributed by atoms with Crippen LogP contribution in [-0.2, 0) is 0 Å². The Morgan fingerprint density at radius 3 is 2.59 bits per heavy atom. The summed E-state index contributed by atoms with van der Waals surface area (Å²) in [6.45, 7) is 4.33. The molecule has 1 aromatic rings. The SMILES string of the molecule is CC(C#N)CN(C)c1ccc([C@H](C)O)c(Br)c1. The normalized spacial score (nSPS) is 13.9. The summed E-state index contributed by atoms with van der Waals surface area (Å²) in [6, 6.07) is 8.04. The van der Waals surface area contributed by atoms with Gasteiger partial charge in [-0.1, -0.05) is 22.0 Å². The summed E-state index contributed by atoms with van der Waals surface area (Å²) in [5.41, 5.74) is 1.90. The van der Waals surface area contributed by atoms with Crippen molar-refractivity contribution in [2.24, 2.45) is 5.92 Å². The van der Waals surface area contributed by atoms with Gasteiger partial charge >= 0.3 is 0 Å². The molecule has 1 N–H and O–H groups in total. The molecule has 0 heterocycles. The predicted molar refractivity (Wildman–Crippen MR) is 72.8 cm³/mol. The van der Waals surface area contributed by atoms with Gasteiger partial charge in [-0.25, -0.2) is 0 Å². The summed E-state index contributed by atoms with van der Waals surface area (Å²) in [7, 11) is 1.96. The first-order valence-corrected chi connectivity index (χ1v) is 6.33. The average Bonchev–Trinajstić information content (AvgIpc) is 2.28. The first-order valence-electron chi connectivity index (χ1n) is 5.54. The van der Waals surface area contributed by atoms with Crippen molar-refractivity contribution in [2.45, 2.75) is 20.0 Å². The van der Waals surface area contributed by atoms with E-state index in [0.717, 1.165) is 15.7 Å². The standard InChI is InChI=1S/C13H17BrN2O/c1-9(7-15)8-16(3)11-4-5-12(10(2)17)13(14)6-11/h4-6,9-10,17H,8H2,1-3H3/t9?,10-/m0/s1. The molecule has 4 heteroatoms. The Morgan fingerprint density at radius 2 is 2.12 bits per heavy atom. The Bertz CT molecular complexity index is 426. The number of benzene rings is 1. The van der Waals surface area contributed by atoms with Gasteiger partial charge in [0.2, 0.25) is 0 Å². The van der Waals surface area contributed by atoms with Crippen molar-refractivity contribution in [1.82, 2.24) is 0 Å². The van der Waals surface area contributed by atoms with Crippen LogP contribution < -0.4 is 4.90 Å². The fourth-order valence-electron chi connectivity index (χ4n) is 1.65. The highest BCUT2D eigenvalue weighted by Gasteiger charge is 2.10. The molecular formula is C13H17BrN2O. The fraction of sp³-hybridized carbons (Fsp3) is 0.462. The zero-order valence-electron chi connectivity index (χ0n) is 10.3. The third-order valence-corrected chi connectivity index (χ3v) is 3.33. The van der Waals surface area contributed by atoms with Gasteiger partial charge in [0.1, 0.15) is 0 Å². The molecule has 2 atom stereocenters. The molecule has 0 saturated heterocycles. The van der Waals surface area contributed by atoms with Crippen LogP contribution in [0.2, 0.25) is 0 Å². The molecule has 0 saturated carbocycles. The minimum atomic E-state index is -0.484. The van der Waals surface area contributed by atoms with E-state index in [9.17, 15) is 5.11 Å². The second-order valence-corrected chi connectivity index (χ2v) is 5.15. The summed E-state index contributed by atoms with van der Waals surface area (Å²) < 4.78 is 0.890. The van der Waals surface area contributed by atoms with Crippen molar-refractivity contribution >= 4 is 21.6 Å². The molecule has 0 bridgehead atoms. The Balaban J connectivity index is 2.87. The van der Waals surface area contributed by atoms with Crippen LogP contribution in [0.25, 0.3) is 0 Å². The second kappa shape index (κ2) is 6.04. The minimum absolute atomic E-state index is 0.00443. The quantitative estimate of drug-likeness (QED) is 0.929. The molecule has 17 heavy (non-hydrogen) atoms. The third kappa shape index (κ3) is 3.72. The Kier molecular flexibility index (Phi) is 4.98. The van der Waals surface area contributed by atoms with Gasteiger partial charge in [0.05, 0.1) is 18.1 Å². The number of hydrogen-bond acceptors (Lipinski definition) is 3. The Morgan fingerprint density at radius 1 is 1.47 bits per heavy atom. The van der Waals surface area contributed by atoms with E-state index in [2.05, 4.69) is 22.0 Å². The van der Waals surface area contributed by atoms with Gasteiger partial charge in [-0.2, -0.15) is 5.26 Å². The van der Waals surface area contributed by atoms with Crippen LogP contribution >= 0.6 is 15.9 Å². The van der Waals surface area contributed by atoms with Crippen molar-refractivity contribution in [3.63, 3.8) is 0 Å². The van der Waals surface area contributed by atoms with Gasteiger partial charge in [0.25, 0.3) is 0 Å². The lowest BCUT2D eigenvalue weighted by Gasteiger charge is -2.21. The maximum Gasteiger partial charge on any atom is 0.0772 e. The van der Waals surface area contributed by atoms with Gasteiger partial charge in [0.15, 0.2) is 0 Å². The lowest BCUT2D eigenvalue weighted by Crippen LogP contribution is -2.23. The van der Waals surface area contributed by atoms with E-state index in [4.69, 9.17) is 5.26 Å². The second-order valence-electron chi connectivity index (χ2n) is 4.29. The van der Waals surface area contributed by atoms with Crippen LogP contribution in [0.4, 0.5) is 5.69 Å². The molecular weight excluding hydrogens is 280 g/mol. The molecule has 0 amide bonds. The molecule has 0 aromatic heterocycles. The first-order chi connectivity index (χ1) is 7.95. The molecule has 1 aromatic carbocycles. The zero-order valence-corrected chi connectivity index (χ0v) is 11.9. The van der Waals surface area contributed by atoms with Crippen LogP contribution in [-0.4, -0.2) is 18.7 Å². The first kappa shape index (κ1) is 14.0. The maximum absolute atomic E-state index is 9.53. The summed E-state index contributed by atoms with van der Waals surface area (Å²) in [4.78, 5) is 2.03. The number of nitriles is 1. The smallest absolute Gasteiger partial charge is 0.0772 e. The van der Waals surface area contributed by atoms with Crippen LogP contribution in [0, 0.1) is 17.2 Å². The third-order valence-electron chi connectivity index (χ3n) is 2.64. The van der Waals surface area contributed by atoms with Gasteiger partial charge < -0.3 is 10.0 Å². The maximum atomic E-state index is 9.53. The average molecular weight is 297 g/mol. The monoisotopic (exact) mass is 296 g/mol. The van der Waals surface area contributed by atoms with Gasteiger partial charge in [0, 0.05) is 23.8 Å². The summed E-state index contributed by atoms with van der Waals surface area (Å²) in [6.07, 6.45) is -0.484. The molecule has 3 nitrogen and oxygen atoms in total. The summed E-state index contributed by atoms with van der Waals surface area (Å²) in [5.74, 6) is -0.00443. The van der Waals surface area contributed by atoms with Crippen molar-refractivity contribution in [3.05, 3.63) is 28.2 Å².